The minimum absolute atomic E-state index is 0.119. The third-order valence-electron chi connectivity index (χ3n) is 1.76. The molecule has 0 saturated carbocycles. The van der Waals surface area contributed by atoms with Crippen LogP contribution in [0.1, 0.15) is 0 Å². The van der Waals surface area contributed by atoms with Crippen LogP contribution in [0.4, 0.5) is 10.5 Å². The van der Waals surface area contributed by atoms with Gasteiger partial charge in [0.15, 0.2) is 12.2 Å². The molecule has 0 spiro atoms. The predicted octanol–water partition coefficient (Wildman–Crippen LogP) is 1.65. The summed E-state index contributed by atoms with van der Waals surface area (Å²) >= 11 is 4.39. The highest BCUT2D eigenvalue weighted by atomic mass is 32.2. The van der Waals surface area contributed by atoms with Crippen LogP contribution in [0.15, 0.2) is 29.2 Å². The fraction of sp³-hybridized carbons (Fsp3) is 0. The normalized spacial score (nSPS) is 19.9. The highest BCUT2D eigenvalue weighted by Gasteiger charge is 2.29. The summed E-state index contributed by atoms with van der Waals surface area (Å²) in [5, 5.41) is -1.32. The van der Waals surface area contributed by atoms with Crippen LogP contribution in [0, 0.1) is 0 Å². The van der Waals surface area contributed by atoms with Crippen LogP contribution in [0.5, 0.6) is 0 Å². The van der Waals surface area contributed by atoms with E-state index in [4.69, 9.17) is 0 Å². The Bertz CT molecular complexity index is 530. The number of hydrazine groups is 1. The second kappa shape index (κ2) is 4.17. The van der Waals surface area contributed by atoms with Gasteiger partial charge in [0.2, 0.25) is 0 Å². The van der Waals surface area contributed by atoms with Crippen molar-refractivity contribution in [2.75, 3.05) is 5.43 Å². The molecule has 1 aromatic carbocycles. The maximum absolute atomic E-state index is 11.6. The minimum Gasteiger partial charge on any atom is -0.360 e. The fourth-order valence-electron chi connectivity index (χ4n) is 1.07. The zero-order valence-corrected chi connectivity index (χ0v) is 10.2. The standard InChI is InChI=1S/C7H6N2O4S3/c10-7-13-15-9(14)8-5-2-1-3-6(4-5)16(7,11)12/h1-4,8,14H. The molecule has 0 amide bonds. The Morgan fingerprint density at radius 2 is 2.19 bits per heavy atom. The van der Waals surface area contributed by atoms with Crippen molar-refractivity contribution in [3.8, 4) is 0 Å². The van der Waals surface area contributed by atoms with Crippen molar-refractivity contribution in [2.24, 2.45) is 0 Å². The van der Waals surface area contributed by atoms with Gasteiger partial charge in [0, 0.05) is 0 Å². The summed E-state index contributed by atoms with van der Waals surface area (Å²) in [6.07, 6.45) is 0. The van der Waals surface area contributed by atoms with Crippen molar-refractivity contribution < 1.29 is 17.4 Å². The van der Waals surface area contributed by atoms with Gasteiger partial charge in [-0.05, 0) is 18.2 Å². The molecular formula is C7H6N2O4S3. The van der Waals surface area contributed by atoms with Crippen LogP contribution in [0.25, 0.3) is 0 Å². The number of hydrogen-bond donors (Lipinski definition) is 2. The van der Waals surface area contributed by atoms with E-state index in [1.165, 1.54) is 18.2 Å². The molecule has 1 aliphatic rings. The van der Waals surface area contributed by atoms with Crippen molar-refractivity contribution in [1.29, 1.82) is 0 Å². The molecule has 1 aliphatic heterocycles. The average molecular weight is 278 g/mol. The van der Waals surface area contributed by atoms with Crippen molar-refractivity contribution in [2.45, 2.75) is 4.90 Å². The lowest BCUT2D eigenvalue weighted by atomic mass is 10.3. The number of hydrogen-bond acceptors (Lipinski definition) is 8. The van der Waals surface area contributed by atoms with Gasteiger partial charge in [-0.25, -0.2) is 13.2 Å². The molecule has 0 radical (unpaired) electrons. The van der Waals surface area contributed by atoms with Crippen molar-refractivity contribution >= 4 is 45.9 Å². The molecule has 1 N–H and O–H groups in total. The van der Waals surface area contributed by atoms with Gasteiger partial charge in [0.25, 0.3) is 9.84 Å². The van der Waals surface area contributed by atoms with Crippen molar-refractivity contribution in [3.05, 3.63) is 24.3 Å². The summed E-state index contributed by atoms with van der Waals surface area (Å²) in [5.41, 5.74) is 3.19. The van der Waals surface area contributed by atoms with E-state index in [9.17, 15) is 13.2 Å². The Morgan fingerprint density at radius 3 is 2.94 bits per heavy atom. The summed E-state index contributed by atoms with van der Waals surface area (Å²) in [4.78, 5) is 11.2. The van der Waals surface area contributed by atoms with E-state index in [0.717, 1.165) is 3.82 Å². The number of sulfone groups is 1. The van der Waals surface area contributed by atoms with Gasteiger partial charge in [-0.3, -0.25) is 5.43 Å². The van der Waals surface area contributed by atoms with Crippen LogP contribution < -0.4 is 5.43 Å². The van der Waals surface area contributed by atoms with Crippen molar-refractivity contribution in [1.82, 2.24) is 3.82 Å². The third-order valence-corrected chi connectivity index (χ3v) is 4.03. The van der Waals surface area contributed by atoms with Crippen LogP contribution in [0.2, 0.25) is 0 Å². The number of carbonyl (C=O) groups is 1. The molecule has 9 heteroatoms. The van der Waals surface area contributed by atoms with Crippen LogP contribution in [-0.4, -0.2) is 17.5 Å². The van der Waals surface area contributed by atoms with Gasteiger partial charge in [-0.15, -0.1) is 0 Å². The lowest BCUT2D eigenvalue weighted by Gasteiger charge is -2.12. The van der Waals surface area contributed by atoms with Crippen LogP contribution in [0.3, 0.4) is 0 Å². The zero-order valence-electron chi connectivity index (χ0n) is 7.65. The molecule has 0 saturated heterocycles. The maximum Gasteiger partial charge on any atom is 0.442 e. The summed E-state index contributed by atoms with van der Waals surface area (Å²) in [6.45, 7) is 0. The highest BCUT2D eigenvalue weighted by molar-refractivity contribution is 8.08. The Kier molecular flexibility index (Phi) is 3.02. The molecule has 1 aromatic rings. The predicted molar refractivity (Wildman–Crippen MR) is 62.1 cm³/mol. The minimum atomic E-state index is -4.09. The van der Waals surface area contributed by atoms with Gasteiger partial charge < -0.3 is 4.18 Å². The number of benzene rings is 1. The van der Waals surface area contributed by atoms with E-state index in [1.54, 1.807) is 6.07 Å². The molecule has 0 fully saturated rings. The Hall–Kier alpha value is -0.900. The van der Waals surface area contributed by atoms with E-state index in [-0.39, 0.29) is 4.90 Å². The molecule has 1 heterocycles. The van der Waals surface area contributed by atoms with Gasteiger partial charge >= 0.3 is 5.30 Å². The molecular weight excluding hydrogens is 272 g/mol. The Labute approximate surface area is 102 Å². The number of nitrogens with zero attached hydrogens (tertiary/aromatic N) is 1. The van der Waals surface area contributed by atoms with Gasteiger partial charge in [0.05, 0.1) is 10.6 Å². The fourth-order valence-corrected chi connectivity index (χ4v) is 2.74. The highest BCUT2D eigenvalue weighted by Crippen LogP contribution is 2.26. The van der Waals surface area contributed by atoms with E-state index < -0.39 is 15.1 Å². The van der Waals surface area contributed by atoms with Gasteiger partial charge in [0.1, 0.15) is 0 Å². The monoisotopic (exact) mass is 278 g/mol. The molecule has 86 valence electrons. The first-order valence-electron chi connectivity index (χ1n) is 3.99. The third kappa shape index (κ3) is 2.12. The Balaban J connectivity index is 2.56. The first kappa shape index (κ1) is 11.6. The van der Waals surface area contributed by atoms with Crippen LogP contribution >= 0.6 is 25.0 Å². The maximum atomic E-state index is 11.6. The molecule has 0 aromatic heterocycles. The quantitative estimate of drug-likeness (QED) is 0.424. The number of nitrogens with one attached hydrogen (secondary N) is 1. The van der Waals surface area contributed by atoms with E-state index in [2.05, 4.69) is 22.4 Å². The zero-order chi connectivity index (χ0) is 11.8. The first-order valence-corrected chi connectivity index (χ1v) is 6.58. The number of anilines is 1. The number of thiol groups is 1. The summed E-state index contributed by atoms with van der Waals surface area (Å²) in [7, 11) is -4.09. The van der Waals surface area contributed by atoms with Crippen LogP contribution in [-0.2, 0) is 14.0 Å². The largest absolute Gasteiger partial charge is 0.442 e. The summed E-state index contributed by atoms with van der Waals surface area (Å²) in [5.74, 6) is 0. The average Bonchev–Trinajstić information content (AvgIpc) is 2.27. The summed E-state index contributed by atoms with van der Waals surface area (Å²) < 4.78 is 28.9. The smallest absolute Gasteiger partial charge is 0.360 e. The number of rotatable bonds is 0. The van der Waals surface area contributed by atoms with E-state index >= 15 is 0 Å². The topological polar surface area (TPSA) is 75.7 Å². The number of carbonyl (C=O) groups excluding carboxylic acids is 1. The lowest BCUT2D eigenvalue weighted by Crippen LogP contribution is -2.15. The van der Waals surface area contributed by atoms with E-state index in [0.29, 0.717) is 17.9 Å². The summed E-state index contributed by atoms with van der Waals surface area (Å²) in [6, 6.07) is 5.80. The molecule has 0 atom stereocenters. The Morgan fingerprint density at radius 1 is 1.44 bits per heavy atom. The second-order valence-corrected chi connectivity index (χ2v) is 5.99. The molecule has 16 heavy (non-hydrogen) atoms. The molecule has 2 rings (SSSR count). The van der Waals surface area contributed by atoms with Crippen molar-refractivity contribution in [3.63, 3.8) is 0 Å². The lowest BCUT2D eigenvalue weighted by molar-refractivity contribution is 0.230. The van der Waals surface area contributed by atoms with Gasteiger partial charge in [-0.2, -0.15) is 0 Å². The van der Waals surface area contributed by atoms with E-state index in [1.807, 2.05) is 0 Å². The molecule has 0 unspecified atom stereocenters. The molecule has 6 nitrogen and oxygen atoms in total. The SMILES string of the molecule is O=C1OSN(S)Nc2cccc(c2)S1(=O)=O. The number of fused-ring (bicyclic) bond motifs is 2. The van der Waals surface area contributed by atoms with Gasteiger partial charge in [-0.1, -0.05) is 22.7 Å². The molecule has 0 aliphatic carbocycles. The second-order valence-electron chi connectivity index (χ2n) is 2.82. The first-order chi connectivity index (χ1) is 7.50. The molecule has 2 bridgehead atoms.